The Hall–Kier alpha value is -3.49. The van der Waals surface area contributed by atoms with Crippen LogP contribution in [0.4, 0.5) is 11.6 Å². The number of carbonyl (C=O) groups is 1. The van der Waals surface area contributed by atoms with Gasteiger partial charge in [-0.2, -0.15) is 0 Å². The number of rotatable bonds is 3. The molecule has 110 valence electrons. The average Bonchev–Trinajstić information content (AvgIpc) is 2.53. The van der Waals surface area contributed by atoms with Gasteiger partial charge in [0.2, 0.25) is 5.10 Å². The summed E-state index contributed by atoms with van der Waals surface area (Å²) in [5.74, 6) is -1.43. The minimum absolute atomic E-state index is 0.00129. The number of aromatic carboxylic acids is 1. The molecule has 2 heterocycles. The van der Waals surface area contributed by atoms with Crippen LogP contribution < -0.4 is 14.9 Å². The van der Waals surface area contributed by atoms with E-state index in [2.05, 4.69) is 15.4 Å². The van der Waals surface area contributed by atoms with Crippen LogP contribution in [-0.2, 0) is 0 Å². The molecule has 0 aliphatic carbocycles. The molecule has 0 amide bonds. The SMILES string of the molecule is O=C(O)c1ccc2c(c1)[n+]([O-])nc(Nc1cccnc1)[n+]2[O-]. The quantitative estimate of drug-likeness (QED) is 0.527. The van der Waals surface area contributed by atoms with Crippen molar-refractivity contribution in [3.8, 4) is 0 Å². The molecule has 0 fully saturated rings. The Morgan fingerprint density at radius 1 is 1.23 bits per heavy atom. The Morgan fingerprint density at radius 3 is 2.73 bits per heavy atom. The maximum atomic E-state index is 12.2. The van der Waals surface area contributed by atoms with Crippen LogP contribution in [0.1, 0.15) is 10.4 Å². The molecule has 2 N–H and O–H groups in total. The molecule has 2 aromatic heterocycles. The van der Waals surface area contributed by atoms with Crippen LogP contribution in [0.25, 0.3) is 11.0 Å². The Labute approximate surface area is 123 Å². The lowest BCUT2D eigenvalue weighted by atomic mass is 10.2. The molecule has 0 bridgehead atoms. The average molecular weight is 299 g/mol. The summed E-state index contributed by atoms with van der Waals surface area (Å²) in [5.41, 5.74) is 0.251. The number of carboxylic acids is 1. The normalized spacial score (nSPS) is 10.5. The van der Waals surface area contributed by atoms with Crippen molar-refractivity contribution in [3.05, 3.63) is 58.7 Å². The number of benzene rings is 1. The Balaban J connectivity index is 2.12. The fourth-order valence-corrected chi connectivity index (χ4v) is 1.92. The van der Waals surface area contributed by atoms with Gasteiger partial charge in [-0.3, -0.25) is 4.98 Å². The summed E-state index contributed by atoms with van der Waals surface area (Å²) in [6.45, 7) is 0. The summed E-state index contributed by atoms with van der Waals surface area (Å²) in [7, 11) is 0. The van der Waals surface area contributed by atoms with E-state index in [-0.39, 0.29) is 27.4 Å². The molecule has 0 saturated heterocycles. The summed E-state index contributed by atoms with van der Waals surface area (Å²) < 4.78 is 0.419. The third-order valence-electron chi connectivity index (χ3n) is 2.94. The molecule has 0 unspecified atom stereocenters. The zero-order valence-corrected chi connectivity index (χ0v) is 11.0. The van der Waals surface area contributed by atoms with Crippen LogP contribution in [0, 0.1) is 10.4 Å². The van der Waals surface area contributed by atoms with Gasteiger partial charge >= 0.3 is 11.9 Å². The van der Waals surface area contributed by atoms with E-state index in [1.54, 1.807) is 18.3 Å². The smallest absolute Gasteiger partial charge is 0.465 e. The highest BCUT2D eigenvalue weighted by Crippen LogP contribution is 2.13. The third-order valence-corrected chi connectivity index (χ3v) is 2.94. The topological polar surface area (TPSA) is 129 Å². The minimum Gasteiger partial charge on any atom is -0.739 e. The van der Waals surface area contributed by atoms with Crippen LogP contribution in [0.5, 0.6) is 0 Å². The first-order valence-corrected chi connectivity index (χ1v) is 6.14. The van der Waals surface area contributed by atoms with Gasteiger partial charge in [-0.1, -0.05) is 0 Å². The summed E-state index contributed by atoms with van der Waals surface area (Å²) in [5, 5.41) is 39.3. The standard InChI is InChI=1S/C13H9N5O4/c19-12(20)8-3-4-10-11(6-8)18(22)16-13(17(10)21)15-9-2-1-5-14-7-9/h1-7H,(H,15,16)(H,19,20). The zero-order valence-electron chi connectivity index (χ0n) is 11.0. The van der Waals surface area contributed by atoms with Crippen molar-refractivity contribution in [2.24, 2.45) is 0 Å². The zero-order chi connectivity index (χ0) is 15.7. The van der Waals surface area contributed by atoms with Gasteiger partial charge in [-0.05, 0) is 24.3 Å². The molecule has 0 radical (unpaired) electrons. The second kappa shape index (κ2) is 5.13. The van der Waals surface area contributed by atoms with Gasteiger partial charge in [-0.15, -0.1) is 0 Å². The molecule has 3 aromatic rings. The van der Waals surface area contributed by atoms with Gasteiger partial charge in [-0.25, -0.2) is 14.8 Å². The first-order chi connectivity index (χ1) is 10.6. The van der Waals surface area contributed by atoms with Crippen molar-refractivity contribution in [1.82, 2.24) is 10.1 Å². The third kappa shape index (κ3) is 2.30. The summed E-state index contributed by atoms with van der Waals surface area (Å²) in [6, 6.07) is 6.91. The number of pyridine rings is 1. The molecule has 0 aliphatic rings. The molecule has 22 heavy (non-hydrogen) atoms. The van der Waals surface area contributed by atoms with Crippen molar-refractivity contribution in [2.75, 3.05) is 5.32 Å². The summed E-state index contributed by atoms with van der Waals surface area (Å²) in [6.07, 6.45) is 3.03. The summed E-state index contributed by atoms with van der Waals surface area (Å²) in [4.78, 5) is 15.0. The molecule has 0 aliphatic heterocycles. The van der Waals surface area contributed by atoms with Gasteiger partial charge < -0.3 is 15.5 Å². The van der Waals surface area contributed by atoms with E-state index in [9.17, 15) is 15.2 Å². The lowest BCUT2D eigenvalue weighted by Gasteiger charge is -2.10. The second-order valence-corrected chi connectivity index (χ2v) is 4.37. The molecular weight excluding hydrogens is 290 g/mol. The Kier molecular flexibility index (Phi) is 3.14. The number of fused-ring (bicyclic) bond motifs is 1. The van der Waals surface area contributed by atoms with Crippen molar-refractivity contribution >= 4 is 28.6 Å². The molecule has 9 heteroatoms. The maximum absolute atomic E-state index is 12.2. The predicted molar refractivity (Wildman–Crippen MR) is 74.1 cm³/mol. The van der Waals surface area contributed by atoms with Crippen LogP contribution in [0.2, 0.25) is 0 Å². The maximum Gasteiger partial charge on any atom is 0.465 e. The van der Waals surface area contributed by atoms with Gasteiger partial charge in [0, 0.05) is 17.1 Å². The molecular formula is C13H9N5O4. The van der Waals surface area contributed by atoms with Gasteiger partial charge in [0.1, 0.15) is 5.69 Å². The fourth-order valence-electron chi connectivity index (χ4n) is 1.92. The highest BCUT2D eigenvalue weighted by Gasteiger charge is 2.22. The predicted octanol–water partition coefficient (Wildman–Crippen LogP) is 0.338. The summed E-state index contributed by atoms with van der Waals surface area (Å²) >= 11 is 0. The van der Waals surface area contributed by atoms with E-state index in [0.717, 1.165) is 6.07 Å². The van der Waals surface area contributed by atoms with E-state index in [1.807, 2.05) is 0 Å². The van der Waals surface area contributed by atoms with Gasteiger partial charge in [0.25, 0.3) is 5.52 Å². The molecule has 0 saturated carbocycles. The molecule has 3 rings (SSSR count). The number of hydrogen-bond donors (Lipinski definition) is 2. The molecule has 1 aromatic carbocycles. The molecule has 0 atom stereocenters. The van der Waals surface area contributed by atoms with Crippen LogP contribution >= 0.6 is 0 Å². The fraction of sp³-hybridized carbons (Fsp3) is 0. The molecule has 9 nitrogen and oxygen atoms in total. The first kappa shape index (κ1) is 13.5. The van der Waals surface area contributed by atoms with E-state index in [1.165, 1.54) is 18.3 Å². The van der Waals surface area contributed by atoms with E-state index >= 15 is 0 Å². The monoisotopic (exact) mass is 299 g/mol. The Bertz CT molecular complexity index is 869. The highest BCUT2D eigenvalue weighted by atomic mass is 16.5. The van der Waals surface area contributed by atoms with Crippen molar-refractivity contribution < 1.29 is 19.5 Å². The van der Waals surface area contributed by atoms with Crippen LogP contribution in [0.3, 0.4) is 0 Å². The first-order valence-electron chi connectivity index (χ1n) is 6.14. The van der Waals surface area contributed by atoms with Crippen molar-refractivity contribution in [3.63, 3.8) is 0 Å². The van der Waals surface area contributed by atoms with E-state index in [0.29, 0.717) is 10.4 Å². The number of nitrogens with one attached hydrogen (secondary N) is 1. The van der Waals surface area contributed by atoms with Gasteiger partial charge in [0.05, 0.1) is 11.8 Å². The van der Waals surface area contributed by atoms with Crippen molar-refractivity contribution in [1.29, 1.82) is 0 Å². The van der Waals surface area contributed by atoms with E-state index in [4.69, 9.17) is 5.11 Å². The number of nitrogens with zero attached hydrogens (tertiary/aromatic N) is 4. The lowest BCUT2D eigenvalue weighted by Crippen LogP contribution is -2.43. The number of anilines is 2. The largest absolute Gasteiger partial charge is 0.739 e. The van der Waals surface area contributed by atoms with Crippen LogP contribution in [-0.4, -0.2) is 21.2 Å². The van der Waals surface area contributed by atoms with Crippen LogP contribution in [0.15, 0.2) is 42.7 Å². The second-order valence-electron chi connectivity index (χ2n) is 4.37. The van der Waals surface area contributed by atoms with Crippen molar-refractivity contribution in [2.45, 2.75) is 0 Å². The number of hydrogen-bond acceptors (Lipinski definition) is 6. The van der Waals surface area contributed by atoms with Gasteiger partial charge in [0.15, 0.2) is 5.52 Å². The van der Waals surface area contributed by atoms with E-state index < -0.39 is 5.97 Å². The highest BCUT2D eigenvalue weighted by molar-refractivity contribution is 5.91. The number of carboxylic acid groups (broad SMARTS) is 1. The number of aromatic nitrogens is 4. The Morgan fingerprint density at radius 2 is 2.05 bits per heavy atom. The minimum atomic E-state index is -1.20. The molecule has 0 spiro atoms. The lowest BCUT2D eigenvalue weighted by molar-refractivity contribution is -0.672.